The van der Waals surface area contributed by atoms with Gasteiger partial charge < -0.3 is 9.84 Å². The van der Waals surface area contributed by atoms with Gasteiger partial charge in [-0.25, -0.2) is 0 Å². The maximum Gasteiger partial charge on any atom is 0.260 e. The zero-order valence-electron chi connectivity index (χ0n) is 12.0. The second kappa shape index (κ2) is 6.23. The fourth-order valence-electron chi connectivity index (χ4n) is 1.80. The second-order valence-electron chi connectivity index (χ2n) is 4.65. The van der Waals surface area contributed by atoms with Crippen LogP contribution in [-0.2, 0) is 0 Å². The van der Waals surface area contributed by atoms with E-state index in [2.05, 4.69) is 22.7 Å². The van der Waals surface area contributed by atoms with Crippen molar-refractivity contribution in [2.75, 3.05) is 17.2 Å². The number of amides is 1. The largest absolute Gasteiger partial charge is 0.384 e. The summed E-state index contributed by atoms with van der Waals surface area (Å²) in [6.45, 7) is 6.61. The van der Waals surface area contributed by atoms with Crippen molar-refractivity contribution < 1.29 is 9.32 Å². The fraction of sp³-hybridized carbons (Fsp3) is 0.333. The van der Waals surface area contributed by atoms with Crippen LogP contribution in [0.2, 0.25) is 0 Å². The Labute approximate surface area is 118 Å². The zero-order valence-corrected chi connectivity index (χ0v) is 12.0. The number of benzene rings is 1. The number of aryl methyl sites for hydroxylation is 1. The Morgan fingerprint density at radius 3 is 2.70 bits per heavy atom. The summed E-state index contributed by atoms with van der Waals surface area (Å²) in [5, 5.41) is 9.83. The van der Waals surface area contributed by atoms with Crippen LogP contribution in [-0.4, -0.2) is 17.6 Å². The van der Waals surface area contributed by atoms with Crippen LogP contribution in [0.1, 0.15) is 35.0 Å². The highest BCUT2D eigenvalue weighted by atomic mass is 16.5. The zero-order chi connectivity index (χ0) is 14.5. The van der Waals surface area contributed by atoms with Gasteiger partial charge in [0.15, 0.2) is 0 Å². The van der Waals surface area contributed by atoms with Crippen LogP contribution in [0.5, 0.6) is 0 Å². The van der Waals surface area contributed by atoms with Crippen molar-refractivity contribution >= 4 is 17.5 Å². The molecule has 106 valence electrons. The molecule has 5 nitrogen and oxygen atoms in total. The van der Waals surface area contributed by atoms with Crippen LogP contribution in [0.25, 0.3) is 0 Å². The molecule has 0 radical (unpaired) electrons. The van der Waals surface area contributed by atoms with Crippen molar-refractivity contribution in [3.05, 3.63) is 41.1 Å². The average molecular weight is 273 g/mol. The summed E-state index contributed by atoms with van der Waals surface area (Å²) in [7, 11) is 0. The predicted octanol–water partition coefficient (Wildman–Crippen LogP) is 3.37. The number of aromatic nitrogens is 1. The lowest BCUT2D eigenvalue weighted by Crippen LogP contribution is -2.15. The molecule has 2 N–H and O–H groups in total. The van der Waals surface area contributed by atoms with Crippen LogP contribution >= 0.6 is 0 Å². The summed E-state index contributed by atoms with van der Waals surface area (Å²) in [5.74, 6) is 0.196. The number of nitrogens with one attached hydrogen (secondary N) is 2. The standard InChI is InChI=1S/C15H19N3O2/c1-4-9-16-13-8-6-5-7-12(13)14(19)17-15-10(2)11(3)18-20-15/h5-8,16H,4,9H2,1-3H3,(H,17,19). The monoisotopic (exact) mass is 273 g/mol. The van der Waals surface area contributed by atoms with E-state index in [1.807, 2.05) is 32.0 Å². The number of carbonyl (C=O) groups excluding carboxylic acids is 1. The van der Waals surface area contributed by atoms with Gasteiger partial charge in [-0.05, 0) is 32.4 Å². The Hall–Kier alpha value is -2.30. The van der Waals surface area contributed by atoms with E-state index in [0.29, 0.717) is 11.4 Å². The van der Waals surface area contributed by atoms with Crippen LogP contribution in [0, 0.1) is 13.8 Å². The molecule has 1 heterocycles. The summed E-state index contributed by atoms with van der Waals surface area (Å²) < 4.78 is 5.11. The van der Waals surface area contributed by atoms with E-state index in [4.69, 9.17) is 4.52 Å². The van der Waals surface area contributed by atoms with Gasteiger partial charge >= 0.3 is 0 Å². The van der Waals surface area contributed by atoms with E-state index < -0.39 is 0 Å². The molecule has 0 aliphatic heterocycles. The molecule has 5 heteroatoms. The second-order valence-corrected chi connectivity index (χ2v) is 4.65. The quantitative estimate of drug-likeness (QED) is 0.876. The van der Waals surface area contributed by atoms with E-state index in [1.165, 1.54) is 0 Å². The number of rotatable bonds is 5. The minimum Gasteiger partial charge on any atom is -0.384 e. The van der Waals surface area contributed by atoms with Crippen molar-refractivity contribution in [1.29, 1.82) is 0 Å². The van der Waals surface area contributed by atoms with Gasteiger partial charge in [0.2, 0.25) is 5.88 Å². The average Bonchev–Trinajstić information content (AvgIpc) is 2.77. The molecule has 2 aromatic rings. The van der Waals surface area contributed by atoms with Gasteiger partial charge in [-0.1, -0.05) is 24.2 Å². The van der Waals surface area contributed by atoms with Crippen LogP contribution in [0.15, 0.2) is 28.8 Å². The minimum absolute atomic E-state index is 0.205. The highest BCUT2D eigenvalue weighted by Gasteiger charge is 2.15. The lowest BCUT2D eigenvalue weighted by molar-refractivity contribution is 0.102. The van der Waals surface area contributed by atoms with Gasteiger partial charge in [0.25, 0.3) is 5.91 Å². The molecule has 0 saturated carbocycles. The lowest BCUT2D eigenvalue weighted by Gasteiger charge is -2.10. The highest BCUT2D eigenvalue weighted by molar-refractivity contribution is 6.07. The molecule has 1 aromatic heterocycles. The topological polar surface area (TPSA) is 67.2 Å². The minimum atomic E-state index is -0.205. The van der Waals surface area contributed by atoms with Gasteiger partial charge in [0.05, 0.1) is 11.3 Å². The van der Waals surface area contributed by atoms with E-state index in [1.54, 1.807) is 6.07 Å². The third kappa shape index (κ3) is 2.99. The van der Waals surface area contributed by atoms with Gasteiger partial charge in [-0.2, -0.15) is 0 Å². The molecule has 20 heavy (non-hydrogen) atoms. The molecule has 0 aliphatic rings. The Morgan fingerprint density at radius 2 is 2.05 bits per heavy atom. The molecule has 0 saturated heterocycles. The third-order valence-electron chi connectivity index (χ3n) is 3.12. The van der Waals surface area contributed by atoms with Crippen LogP contribution in [0.4, 0.5) is 11.6 Å². The maximum atomic E-state index is 12.3. The molecular weight excluding hydrogens is 254 g/mol. The number of hydrogen-bond donors (Lipinski definition) is 2. The van der Waals surface area contributed by atoms with Crippen molar-refractivity contribution in [2.24, 2.45) is 0 Å². The van der Waals surface area contributed by atoms with Gasteiger partial charge in [0, 0.05) is 17.8 Å². The Kier molecular flexibility index (Phi) is 4.40. The fourth-order valence-corrected chi connectivity index (χ4v) is 1.80. The van der Waals surface area contributed by atoms with Gasteiger partial charge in [0.1, 0.15) is 0 Å². The first-order chi connectivity index (χ1) is 9.63. The predicted molar refractivity (Wildman–Crippen MR) is 79.2 cm³/mol. The molecular formula is C15H19N3O2. The van der Waals surface area contributed by atoms with Gasteiger partial charge in [-0.15, -0.1) is 0 Å². The molecule has 1 amide bonds. The number of para-hydroxylation sites is 1. The number of nitrogens with zero attached hydrogens (tertiary/aromatic N) is 1. The normalized spacial score (nSPS) is 10.3. The first-order valence-electron chi connectivity index (χ1n) is 6.70. The summed E-state index contributed by atoms with van der Waals surface area (Å²) in [6, 6.07) is 7.41. The first kappa shape index (κ1) is 14.1. The van der Waals surface area contributed by atoms with E-state index >= 15 is 0 Å². The third-order valence-corrected chi connectivity index (χ3v) is 3.12. The summed E-state index contributed by atoms with van der Waals surface area (Å²) in [4.78, 5) is 12.3. The summed E-state index contributed by atoms with van der Waals surface area (Å²) in [6.07, 6.45) is 0.996. The summed E-state index contributed by atoms with van der Waals surface area (Å²) >= 11 is 0. The Balaban J connectivity index is 2.19. The molecule has 0 fully saturated rings. The van der Waals surface area contributed by atoms with Crippen molar-refractivity contribution in [1.82, 2.24) is 5.16 Å². The summed E-state index contributed by atoms with van der Waals surface area (Å²) in [5.41, 5.74) is 3.03. The number of carbonyl (C=O) groups is 1. The molecule has 0 spiro atoms. The van der Waals surface area contributed by atoms with Crippen molar-refractivity contribution in [3.8, 4) is 0 Å². The number of hydrogen-bond acceptors (Lipinski definition) is 4. The van der Waals surface area contributed by atoms with Crippen LogP contribution < -0.4 is 10.6 Å². The molecule has 0 atom stereocenters. The van der Waals surface area contributed by atoms with E-state index in [9.17, 15) is 4.79 Å². The Bertz CT molecular complexity index is 605. The maximum absolute atomic E-state index is 12.3. The SMILES string of the molecule is CCCNc1ccccc1C(=O)Nc1onc(C)c1C. The molecule has 0 aliphatic carbocycles. The van der Waals surface area contributed by atoms with E-state index in [0.717, 1.165) is 29.9 Å². The van der Waals surface area contributed by atoms with Crippen LogP contribution in [0.3, 0.4) is 0 Å². The molecule has 0 bridgehead atoms. The number of anilines is 2. The van der Waals surface area contributed by atoms with E-state index in [-0.39, 0.29) is 5.91 Å². The van der Waals surface area contributed by atoms with Crippen molar-refractivity contribution in [2.45, 2.75) is 27.2 Å². The highest BCUT2D eigenvalue weighted by Crippen LogP contribution is 2.21. The van der Waals surface area contributed by atoms with Gasteiger partial charge in [-0.3, -0.25) is 10.1 Å². The first-order valence-corrected chi connectivity index (χ1v) is 6.70. The molecule has 1 aromatic carbocycles. The smallest absolute Gasteiger partial charge is 0.260 e. The Morgan fingerprint density at radius 1 is 1.30 bits per heavy atom. The lowest BCUT2D eigenvalue weighted by atomic mass is 10.1. The molecule has 2 rings (SSSR count). The molecule has 0 unspecified atom stereocenters. The van der Waals surface area contributed by atoms with Crippen molar-refractivity contribution in [3.63, 3.8) is 0 Å².